The first-order chi connectivity index (χ1) is 7.18. The fourth-order valence-electron chi connectivity index (χ4n) is 1.29. The molecule has 0 saturated heterocycles. The highest BCUT2D eigenvalue weighted by Gasteiger charge is 2.08. The SMILES string of the molecule is Cl.N=C(N)c1ccc(-c2ccccc2Cl)o1. The summed E-state index contributed by atoms with van der Waals surface area (Å²) in [6.07, 6.45) is 0. The van der Waals surface area contributed by atoms with E-state index in [1.165, 1.54) is 0 Å². The molecule has 0 saturated carbocycles. The molecule has 1 aromatic carbocycles. The molecule has 0 aliphatic rings. The molecular weight excluding hydrogens is 247 g/mol. The number of furan rings is 1. The van der Waals surface area contributed by atoms with E-state index in [4.69, 9.17) is 27.2 Å². The van der Waals surface area contributed by atoms with E-state index in [0.717, 1.165) is 5.56 Å². The van der Waals surface area contributed by atoms with Crippen LogP contribution in [0.4, 0.5) is 0 Å². The third-order valence-electron chi connectivity index (χ3n) is 2.01. The zero-order valence-electron chi connectivity index (χ0n) is 8.24. The van der Waals surface area contributed by atoms with Gasteiger partial charge in [0.25, 0.3) is 0 Å². The molecule has 2 aromatic rings. The van der Waals surface area contributed by atoms with Gasteiger partial charge in [-0.25, -0.2) is 0 Å². The van der Waals surface area contributed by atoms with Gasteiger partial charge >= 0.3 is 0 Å². The van der Waals surface area contributed by atoms with Crippen LogP contribution in [0, 0.1) is 5.41 Å². The molecule has 3 nitrogen and oxygen atoms in total. The van der Waals surface area contributed by atoms with Crippen LogP contribution in [0.25, 0.3) is 11.3 Å². The zero-order chi connectivity index (χ0) is 10.8. The van der Waals surface area contributed by atoms with E-state index >= 15 is 0 Å². The maximum Gasteiger partial charge on any atom is 0.168 e. The van der Waals surface area contributed by atoms with Crippen LogP contribution in [-0.2, 0) is 0 Å². The fraction of sp³-hybridized carbons (Fsp3) is 0. The first-order valence-electron chi connectivity index (χ1n) is 4.37. The lowest BCUT2D eigenvalue weighted by Gasteiger charge is -1.99. The molecule has 0 aliphatic carbocycles. The molecule has 0 aliphatic heterocycles. The first kappa shape index (κ1) is 12.6. The Morgan fingerprint density at radius 3 is 2.44 bits per heavy atom. The van der Waals surface area contributed by atoms with E-state index in [2.05, 4.69) is 0 Å². The quantitative estimate of drug-likeness (QED) is 0.640. The molecule has 0 atom stereocenters. The molecule has 1 heterocycles. The lowest BCUT2D eigenvalue weighted by Crippen LogP contribution is -2.09. The van der Waals surface area contributed by atoms with Crippen molar-refractivity contribution in [3.63, 3.8) is 0 Å². The maximum absolute atomic E-state index is 7.22. The summed E-state index contributed by atoms with van der Waals surface area (Å²) >= 11 is 6.00. The minimum absolute atomic E-state index is 0. The predicted octanol–water partition coefficient (Wildman–Crippen LogP) is 3.31. The van der Waals surface area contributed by atoms with Gasteiger partial charge in [-0.2, -0.15) is 0 Å². The highest BCUT2D eigenvalue weighted by Crippen LogP contribution is 2.28. The molecule has 5 heteroatoms. The van der Waals surface area contributed by atoms with Gasteiger partial charge in [0.05, 0.1) is 5.02 Å². The Hall–Kier alpha value is -1.45. The molecule has 0 amide bonds. The van der Waals surface area contributed by atoms with Crippen molar-refractivity contribution in [2.24, 2.45) is 5.73 Å². The Morgan fingerprint density at radius 2 is 1.88 bits per heavy atom. The minimum atomic E-state index is -0.0895. The van der Waals surface area contributed by atoms with Crippen LogP contribution in [-0.4, -0.2) is 5.84 Å². The van der Waals surface area contributed by atoms with Crippen LogP contribution in [0.1, 0.15) is 5.76 Å². The lowest BCUT2D eigenvalue weighted by molar-refractivity contribution is 0.571. The highest BCUT2D eigenvalue weighted by molar-refractivity contribution is 6.33. The smallest absolute Gasteiger partial charge is 0.168 e. The van der Waals surface area contributed by atoms with Crippen LogP contribution in [0.5, 0.6) is 0 Å². The summed E-state index contributed by atoms with van der Waals surface area (Å²) < 4.78 is 5.38. The maximum atomic E-state index is 7.22. The number of benzene rings is 1. The van der Waals surface area contributed by atoms with E-state index < -0.39 is 0 Å². The van der Waals surface area contributed by atoms with E-state index in [1.54, 1.807) is 18.2 Å². The Balaban J connectivity index is 0.00000128. The zero-order valence-corrected chi connectivity index (χ0v) is 9.81. The fourth-order valence-corrected chi connectivity index (χ4v) is 1.52. The van der Waals surface area contributed by atoms with Gasteiger partial charge in [0.15, 0.2) is 11.6 Å². The largest absolute Gasteiger partial charge is 0.453 e. The second kappa shape index (κ2) is 5.05. The number of nitrogen functional groups attached to an aromatic ring is 1. The van der Waals surface area contributed by atoms with Crippen molar-refractivity contribution in [3.8, 4) is 11.3 Å². The van der Waals surface area contributed by atoms with Gasteiger partial charge in [0.2, 0.25) is 0 Å². The average molecular weight is 257 g/mol. The molecule has 0 radical (unpaired) electrons. The minimum Gasteiger partial charge on any atom is -0.453 e. The van der Waals surface area contributed by atoms with E-state index in [0.29, 0.717) is 16.5 Å². The van der Waals surface area contributed by atoms with Crippen molar-refractivity contribution in [2.75, 3.05) is 0 Å². The Kier molecular flexibility index (Phi) is 3.99. The van der Waals surface area contributed by atoms with E-state index in [1.807, 2.05) is 18.2 Å². The number of hydrogen-bond donors (Lipinski definition) is 2. The molecule has 0 spiro atoms. The van der Waals surface area contributed by atoms with Crippen molar-refractivity contribution < 1.29 is 4.42 Å². The van der Waals surface area contributed by atoms with Gasteiger partial charge < -0.3 is 10.2 Å². The van der Waals surface area contributed by atoms with Crippen molar-refractivity contribution in [2.45, 2.75) is 0 Å². The van der Waals surface area contributed by atoms with Crippen LogP contribution >= 0.6 is 24.0 Å². The second-order valence-electron chi connectivity index (χ2n) is 3.06. The Bertz CT molecular complexity index is 508. The van der Waals surface area contributed by atoms with Gasteiger partial charge in [-0.05, 0) is 24.3 Å². The normalized spacial score (nSPS) is 9.56. The predicted molar refractivity (Wildman–Crippen MR) is 67.4 cm³/mol. The Morgan fingerprint density at radius 1 is 1.19 bits per heavy atom. The van der Waals surface area contributed by atoms with Gasteiger partial charge in [0, 0.05) is 5.56 Å². The number of rotatable bonds is 2. The number of nitrogens with two attached hydrogens (primary N) is 1. The van der Waals surface area contributed by atoms with Crippen molar-refractivity contribution >= 4 is 29.8 Å². The van der Waals surface area contributed by atoms with Gasteiger partial charge in [0.1, 0.15) is 5.76 Å². The summed E-state index contributed by atoms with van der Waals surface area (Å²) in [6.45, 7) is 0. The summed E-state index contributed by atoms with van der Waals surface area (Å²) in [5.41, 5.74) is 6.10. The summed E-state index contributed by atoms with van der Waals surface area (Å²) in [7, 11) is 0. The number of halogens is 2. The second-order valence-corrected chi connectivity index (χ2v) is 3.46. The molecule has 16 heavy (non-hydrogen) atoms. The molecule has 0 fully saturated rings. The molecule has 1 aromatic heterocycles. The standard InChI is InChI=1S/C11H9ClN2O.ClH/c12-8-4-2-1-3-7(8)9-5-6-10(15-9)11(13)14;/h1-6H,(H3,13,14);1H. The monoisotopic (exact) mass is 256 g/mol. The number of nitrogens with one attached hydrogen (secondary N) is 1. The summed E-state index contributed by atoms with van der Waals surface area (Å²) in [6, 6.07) is 10.8. The van der Waals surface area contributed by atoms with E-state index in [-0.39, 0.29) is 18.2 Å². The molecule has 3 N–H and O–H groups in total. The van der Waals surface area contributed by atoms with Crippen LogP contribution < -0.4 is 5.73 Å². The first-order valence-corrected chi connectivity index (χ1v) is 4.75. The topological polar surface area (TPSA) is 63.0 Å². The van der Waals surface area contributed by atoms with E-state index in [9.17, 15) is 0 Å². The molecule has 0 unspecified atom stereocenters. The summed E-state index contributed by atoms with van der Waals surface area (Å²) in [5, 5.41) is 7.83. The molecular formula is C11H10Cl2N2O. The summed E-state index contributed by atoms with van der Waals surface area (Å²) in [4.78, 5) is 0. The lowest BCUT2D eigenvalue weighted by atomic mass is 10.2. The highest BCUT2D eigenvalue weighted by atomic mass is 35.5. The number of amidine groups is 1. The third-order valence-corrected chi connectivity index (χ3v) is 2.34. The summed E-state index contributed by atoms with van der Waals surface area (Å²) in [5.74, 6) is 0.879. The molecule has 84 valence electrons. The third kappa shape index (κ3) is 2.38. The van der Waals surface area contributed by atoms with Gasteiger partial charge in [-0.15, -0.1) is 12.4 Å². The van der Waals surface area contributed by atoms with Crippen LogP contribution in [0.2, 0.25) is 5.02 Å². The van der Waals surface area contributed by atoms with Crippen molar-refractivity contribution in [1.29, 1.82) is 5.41 Å². The Labute approximate surface area is 104 Å². The van der Waals surface area contributed by atoms with Crippen molar-refractivity contribution in [1.82, 2.24) is 0 Å². The van der Waals surface area contributed by atoms with Gasteiger partial charge in [-0.3, -0.25) is 5.41 Å². The molecule has 2 rings (SSSR count). The molecule has 0 bridgehead atoms. The van der Waals surface area contributed by atoms with Crippen LogP contribution in [0.15, 0.2) is 40.8 Å². The van der Waals surface area contributed by atoms with Gasteiger partial charge in [-0.1, -0.05) is 23.7 Å². The number of hydrogen-bond acceptors (Lipinski definition) is 2. The van der Waals surface area contributed by atoms with Crippen molar-refractivity contribution in [3.05, 3.63) is 47.2 Å². The average Bonchev–Trinajstić information content (AvgIpc) is 2.67. The van der Waals surface area contributed by atoms with Crippen LogP contribution in [0.3, 0.4) is 0 Å².